The van der Waals surface area contributed by atoms with Gasteiger partial charge >= 0.3 is 6.18 Å². The van der Waals surface area contributed by atoms with Crippen LogP contribution in [0.15, 0.2) is 0 Å². The van der Waals surface area contributed by atoms with Gasteiger partial charge < -0.3 is 10.0 Å². The van der Waals surface area contributed by atoms with Crippen LogP contribution in [-0.2, 0) is 0 Å². The highest BCUT2D eigenvalue weighted by Gasteiger charge is 2.29. The first-order valence-electron chi connectivity index (χ1n) is 5.30. The van der Waals surface area contributed by atoms with E-state index in [1.807, 2.05) is 4.90 Å². The molecule has 1 rings (SSSR count). The van der Waals surface area contributed by atoms with Gasteiger partial charge in [-0.15, -0.1) is 0 Å². The first-order valence-corrected chi connectivity index (χ1v) is 5.30. The lowest BCUT2D eigenvalue weighted by Gasteiger charge is -2.35. The van der Waals surface area contributed by atoms with Crippen molar-refractivity contribution in [1.82, 2.24) is 4.90 Å². The number of hydrogen-bond acceptors (Lipinski definition) is 2. The molecular weight excluding hydrogens is 207 g/mol. The summed E-state index contributed by atoms with van der Waals surface area (Å²) in [5, 5.41) is 9.64. The largest absolute Gasteiger partial charge is 0.390 e. The maximum absolute atomic E-state index is 11.9. The average Bonchev–Trinajstić information content (AvgIpc) is 2.06. The van der Waals surface area contributed by atoms with Crippen LogP contribution < -0.4 is 0 Å². The Kier molecular flexibility index (Phi) is 4.00. The van der Waals surface area contributed by atoms with Crippen molar-refractivity contribution in [3.8, 4) is 0 Å². The van der Waals surface area contributed by atoms with Crippen molar-refractivity contribution in [2.24, 2.45) is 0 Å². The molecule has 0 unspecified atom stereocenters. The molecule has 0 aromatic rings. The molecule has 0 spiro atoms. The molecule has 0 aromatic carbocycles. The fourth-order valence-electron chi connectivity index (χ4n) is 1.76. The third kappa shape index (κ3) is 5.37. The van der Waals surface area contributed by atoms with Gasteiger partial charge in [0.2, 0.25) is 0 Å². The van der Waals surface area contributed by atoms with Crippen LogP contribution in [0.25, 0.3) is 0 Å². The first kappa shape index (κ1) is 12.8. The highest BCUT2D eigenvalue weighted by Crippen LogP contribution is 2.24. The summed E-state index contributed by atoms with van der Waals surface area (Å²) < 4.78 is 35.6. The third-order valence-corrected chi connectivity index (χ3v) is 2.87. The monoisotopic (exact) mass is 225 g/mol. The summed E-state index contributed by atoms with van der Waals surface area (Å²) in [5.74, 6) is 0. The molecule has 1 saturated heterocycles. The van der Waals surface area contributed by atoms with Gasteiger partial charge in [-0.25, -0.2) is 0 Å². The predicted molar refractivity (Wildman–Crippen MR) is 51.6 cm³/mol. The van der Waals surface area contributed by atoms with Gasteiger partial charge in [-0.3, -0.25) is 0 Å². The van der Waals surface area contributed by atoms with Crippen molar-refractivity contribution in [3.05, 3.63) is 0 Å². The molecule has 0 amide bonds. The summed E-state index contributed by atoms with van der Waals surface area (Å²) in [7, 11) is 0. The Hall–Kier alpha value is -0.290. The topological polar surface area (TPSA) is 23.5 Å². The van der Waals surface area contributed by atoms with Crippen molar-refractivity contribution in [3.63, 3.8) is 0 Å². The van der Waals surface area contributed by atoms with Crippen molar-refractivity contribution in [2.75, 3.05) is 19.6 Å². The molecule has 0 radical (unpaired) electrons. The normalized spacial score (nSPS) is 23.0. The number of halogens is 3. The second-order valence-electron chi connectivity index (χ2n) is 4.56. The van der Waals surface area contributed by atoms with E-state index in [1.54, 1.807) is 6.92 Å². The van der Waals surface area contributed by atoms with Crippen LogP contribution in [0.3, 0.4) is 0 Å². The molecule has 0 bridgehead atoms. The summed E-state index contributed by atoms with van der Waals surface area (Å²) in [5.41, 5.74) is -0.624. The maximum atomic E-state index is 11.9. The molecule has 0 saturated carbocycles. The first-order chi connectivity index (χ1) is 6.79. The van der Waals surface area contributed by atoms with Crippen LogP contribution >= 0.6 is 0 Å². The van der Waals surface area contributed by atoms with Crippen LogP contribution in [-0.4, -0.2) is 41.4 Å². The van der Waals surface area contributed by atoms with Crippen LogP contribution in [0.1, 0.15) is 32.6 Å². The molecule has 1 aliphatic rings. The number of likely N-dealkylation sites (tertiary alicyclic amines) is 1. The molecule has 2 nitrogen and oxygen atoms in total. The molecule has 0 aliphatic carbocycles. The van der Waals surface area contributed by atoms with Crippen LogP contribution in [0.2, 0.25) is 0 Å². The minimum atomic E-state index is -4.04. The standard InChI is InChI=1S/C10H18F3NO/c1-9(15)4-7-14(8-5-9)6-2-3-10(11,12)13/h15H,2-8H2,1H3. The lowest BCUT2D eigenvalue weighted by Crippen LogP contribution is -2.42. The quantitative estimate of drug-likeness (QED) is 0.795. The molecule has 0 atom stereocenters. The Morgan fingerprint density at radius 1 is 1.27 bits per heavy atom. The van der Waals surface area contributed by atoms with Gasteiger partial charge in [0, 0.05) is 19.5 Å². The lowest BCUT2D eigenvalue weighted by atomic mass is 9.94. The van der Waals surface area contributed by atoms with E-state index in [4.69, 9.17) is 0 Å². The summed E-state index contributed by atoms with van der Waals surface area (Å²) in [6.45, 7) is 3.66. The predicted octanol–water partition coefficient (Wildman–Crippen LogP) is 2.18. The molecule has 15 heavy (non-hydrogen) atoms. The molecule has 0 aromatic heterocycles. The number of piperidine rings is 1. The van der Waals surface area contributed by atoms with E-state index in [1.165, 1.54) is 0 Å². The molecule has 5 heteroatoms. The van der Waals surface area contributed by atoms with Gasteiger partial charge in [-0.05, 0) is 32.7 Å². The summed E-state index contributed by atoms with van der Waals surface area (Å²) in [6.07, 6.45) is -3.29. The van der Waals surface area contributed by atoms with Gasteiger partial charge in [0.1, 0.15) is 0 Å². The second kappa shape index (κ2) is 4.70. The zero-order chi connectivity index (χ0) is 11.5. The molecule has 1 N–H and O–H groups in total. The summed E-state index contributed by atoms with van der Waals surface area (Å²) >= 11 is 0. The van der Waals surface area contributed by atoms with Crippen LogP contribution in [0.5, 0.6) is 0 Å². The molecular formula is C10H18F3NO. The van der Waals surface area contributed by atoms with Crippen LogP contribution in [0.4, 0.5) is 13.2 Å². The Morgan fingerprint density at radius 3 is 2.27 bits per heavy atom. The van der Waals surface area contributed by atoms with Crippen molar-refractivity contribution >= 4 is 0 Å². The fourth-order valence-corrected chi connectivity index (χ4v) is 1.76. The Labute approximate surface area is 88.1 Å². The van der Waals surface area contributed by atoms with Gasteiger partial charge in [0.05, 0.1) is 5.60 Å². The molecule has 1 aliphatic heterocycles. The minimum Gasteiger partial charge on any atom is -0.390 e. The van der Waals surface area contributed by atoms with E-state index < -0.39 is 18.2 Å². The van der Waals surface area contributed by atoms with E-state index >= 15 is 0 Å². The zero-order valence-corrected chi connectivity index (χ0v) is 8.98. The number of nitrogens with zero attached hydrogens (tertiary/aromatic N) is 1. The van der Waals surface area contributed by atoms with Crippen molar-refractivity contribution in [1.29, 1.82) is 0 Å². The van der Waals surface area contributed by atoms with Crippen molar-refractivity contribution < 1.29 is 18.3 Å². The summed E-state index contributed by atoms with van der Waals surface area (Å²) in [6, 6.07) is 0. The highest BCUT2D eigenvalue weighted by atomic mass is 19.4. The summed E-state index contributed by atoms with van der Waals surface area (Å²) in [4.78, 5) is 1.99. The second-order valence-corrected chi connectivity index (χ2v) is 4.56. The fraction of sp³-hybridized carbons (Fsp3) is 1.00. The van der Waals surface area contributed by atoms with Gasteiger partial charge in [0.15, 0.2) is 0 Å². The number of alkyl halides is 3. The van der Waals surface area contributed by atoms with E-state index in [0.717, 1.165) is 0 Å². The SMILES string of the molecule is CC1(O)CCN(CCCC(F)(F)F)CC1. The van der Waals surface area contributed by atoms with E-state index in [0.29, 0.717) is 32.5 Å². The average molecular weight is 225 g/mol. The number of rotatable bonds is 3. The smallest absolute Gasteiger partial charge is 0.389 e. The number of aliphatic hydroxyl groups is 1. The number of hydrogen-bond donors (Lipinski definition) is 1. The molecule has 1 fully saturated rings. The van der Waals surface area contributed by atoms with E-state index in [9.17, 15) is 18.3 Å². The zero-order valence-electron chi connectivity index (χ0n) is 8.98. The lowest BCUT2D eigenvalue weighted by molar-refractivity contribution is -0.136. The van der Waals surface area contributed by atoms with Gasteiger partial charge in [-0.2, -0.15) is 13.2 Å². The highest BCUT2D eigenvalue weighted by molar-refractivity contribution is 4.81. The third-order valence-electron chi connectivity index (χ3n) is 2.87. The molecule has 1 heterocycles. The van der Waals surface area contributed by atoms with Crippen molar-refractivity contribution in [2.45, 2.75) is 44.4 Å². The van der Waals surface area contributed by atoms with Crippen LogP contribution in [0, 0.1) is 0 Å². The Bertz CT molecular complexity index is 193. The van der Waals surface area contributed by atoms with Gasteiger partial charge in [-0.1, -0.05) is 0 Å². The molecule has 90 valence electrons. The van der Waals surface area contributed by atoms with Gasteiger partial charge in [0.25, 0.3) is 0 Å². The van der Waals surface area contributed by atoms with E-state index in [-0.39, 0.29) is 6.42 Å². The minimum absolute atomic E-state index is 0.158. The maximum Gasteiger partial charge on any atom is 0.389 e. The van der Waals surface area contributed by atoms with E-state index in [2.05, 4.69) is 0 Å². The Balaban J connectivity index is 2.14. The Morgan fingerprint density at radius 2 is 1.80 bits per heavy atom.